The van der Waals surface area contributed by atoms with Crippen LogP contribution in [-0.4, -0.2) is 63.8 Å². The fraction of sp³-hybridized carbons (Fsp3) is 0.560. The summed E-state index contributed by atoms with van der Waals surface area (Å²) in [6.45, 7) is 4.82. The van der Waals surface area contributed by atoms with Crippen molar-refractivity contribution in [2.24, 2.45) is 24.8 Å². The van der Waals surface area contributed by atoms with E-state index in [1.165, 1.54) is 0 Å². The van der Waals surface area contributed by atoms with Gasteiger partial charge in [-0.2, -0.15) is 18.3 Å². The van der Waals surface area contributed by atoms with Gasteiger partial charge in [0.2, 0.25) is 0 Å². The average Bonchev–Trinajstić information content (AvgIpc) is 3.57. The normalized spacial score (nSPS) is 27.1. The van der Waals surface area contributed by atoms with Gasteiger partial charge in [-0.25, -0.2) is 0 Å². The average molecular weight is 487 g/mol. The van der Waals surface area contributed by atoms with E-state index in [1.807, 2.05) is 6.20 Å². The highest BCUT2D eigenvalue weighted by Gasteiger charge is 2.43. The number of likely N-dealkylation sites (tertiary alicyclic amines) is 1. The van der Waals surface area contributed by atoms with Gasteiger partial charge in [-0.1, -0.05) is 6.07 Å². The molecule has 0 radical (unpaired) electrons. The number of hydrogen-bond acceptors (Lipinski definition) is 6. The summed E-state index contributed by atoms with van der Waals surface area (Å²) in [5.41, 5.74) is 0.788. The first-order valence-corrected chi connectivity index (χ1v) is 12.3. The summed E-state index contributed by atoms with van der Waals surface area (Å²) in [5, 5.41) is 16.4. The molecule has 2 unspecified atom stereocenters. The Morgan fingerprint density at radius 2 is 1.91 bits per heavy atom. The molecule has 4 heterocycles. The van der Waals surface area contributed by atoms with E-state index in [0.29, 0.717) is 23.3 Å². The monoisotopic (exact) mass is 486 g/mol. The van der Waals surface area contributed by atoms with Gasteiger partial charge in [0.25, 0.3) is 0 Å². The predicted molar refractivity (Wildman–Crippen MR) is 126 cm³/mol. The molecule has 0 spiro atoms. The molecular formula is C25H29F3N6O. The van der Waals surface area contributed by atoms with Crippen LogP contribution in [-0.2, 0) is 18.0 Å². The van der Waals surface area contributed by atoms with Crippen molar-refractivity contribution >= 4 is 16.7 Å². The number of nitrogens with zero attached hydrogens (tertiary/aromatic N) is 5. The van der Waals surface area contributed by atoms with Gasteiger partial charge in [0.1, 0.15) is 5.56 Å². The van der Waals surface area contributed by atoms with Gasteiger partial charge in [-0.05, 0) is 55.2 Å². The first-order chi connectivity index (χ1) is 16.8. The Balaban J connectivity index is 1.17. The van der Waals surface area contributed by atoms with Gasteiger partial charge in [-0.3, -0.25) is 4.68 Å². The maximum atomic E-state index is 14.0. The molecular weight excluding hydrogens is 457 g/mol. The van der Waals surface area contributed by atoms with Gasteiger partial charge in [-0.15, -0.1) is 10.2 Å². The van der Waals surface area contributed by atoms with Crippen LogP contribution in [0.5, 0.6) is 0 Å². The fourth-order valence-electron chi connectivity index (χ4n) is 6.11. The van der Waals surface area contributed by atoms with E-state index in [9.17, 15) is 13.2 Å². The van der Waals surface area contributed by atoms with Crippen LogP contribution < -0.4 is 5.32 Å². The molecule has 3 fully saturated rings. The van der Waals surface area contributed by atoms with Gasteiger partial charge in [0, 0.05) is 56.5 Å². The van der Waals surface area contributed by atoms with Crippen LogP contribution in [0.15, 0.2) is 30.5 Å². The molecule has 7 nitrogen and oxygen atoms in total. The molecule has 2 aromatic heterocycles. The van der Waals surface area contributed by atoms with Crippen molar-refractivity contribution in [3.8, 4) is 11.3 Å². The molecule has 35 heavy (non-hydrogen) atoms. The molecule has 10 heteroatoms. The topological polar surface area (TPSA) is 68.1 Å². The lowest BCUT2D eigenvalue weighted by Gasteiger charge is -2.23. The number of aryl methyl sites for hydroxylation is 1. The molecule has 2 saturated heterocycles. The van der Waals surface area contributed by atoms with Crippen LogP contribution in [0.3, 0.4) is 0 Å². The Bertz CT molecular complexity index is 1210. The van der Waals surface area contributed by atoms with Crippen molar-refractivity contribution in [1.29, 1.82) is 0 Å². The number of rotatable bonds is 5. The highest BCUT2D eigenvalue weighted by atomic mass is 19.4. The van der Waals surface area contributed by atoms with Crippen molar-refractivity contribution in [2.45, 2.75) is 31.5 Å². The number of ether oxygens (including phenoxy) is 1. The molecule has 1 aromatic carbocycles. The second kappa shape index (κ2) is 8.74. The SMILES string of the molecule is Cn1cc2cc(-c3cc(C(F)(F)F)c(NC4CC5CN(C[C@@H]6CCOC6)CC5C4)nn3)ccc2n1. The number of anilines is 1. The van der Waals surface area contributed by atoms with Crippen LogP contribution in [0.4, 0.5) is 19.0 Å². The standard InChI is InChI=1S/C25H29F3N6O/c1-33-11-19-6-16(2-3-22(19)32-33)23-9-21(25(26,27)28)24(31-30-23)29-20-7-17-12-34(13-18(17)8-20)10-15-4-5-35-14-15/h2-3,6,9,11,15,17-18,20H,4-5,7-8,10,12-14H2,1H3,(H,29,31)/t15-,17?,18?,20?/m0/s1. The zero-order chi connectivity index (χ0) is 24.2. The minimum absolute atomic E-state index is 0.0186. The predicted octanol–water partition coefficient (Wildman–Crippen LogP) is 4.21. The lowest BCUT2D eigenvalue weighted by Crippen LogP contribution is -2.30. The van der Waals surface area contributed by atoms with E-state index < -0.39 is 11.7 Å². The van der Waals surface area contributed by atoms with Crippen LogP contribution in [0, 0.1) is 17.8 Å². The van der Waals surface area contributed by atoms with Crippen molar-refractivity contribution in [3.63, 3.8) is 0 Å². The summed E-state index contributed by atoms with van der Waals surface area (Å²) in [7, 11) is 1.81. The fourth-order valence-corrected chi connectivity index (χ4v) is 6.11. The first kappa shape index (κ1) is 22.7. The van der Waals surface area contributed by atoms with E-state index >= 15 is 0 Å². The molecule has 1 aliphatic carbocycles. The Labute approximate surface area is 201 Å². The zero-order valence-corrected chi connectivity index (χ0v) is 19.6. The highest BCUT2D eigenvalue weighted by molar-refractivity contribution is 5.83. The molecule has 186 valence electrons. The maximum Gasteiger partial charge on any atom is 0.420 e. The molecule has 1 saturated carbocycles. The first-order valence-electron chi connectivity index (χ1n) is 12.3. The van der Waals surface area contributed by atoms with Gasteiger partial charge < -0.3 is 15.0 Å². The summed E-state index contributed by atoms with van der Waals surface area (Å²) in [4.78, 5) is 2.51. The van der Waals surface area contributed by atoms with Crippen LogP contribution in [0.25, 0.3) is 22.2 Å². The highest BCUT2D eigenvalue weighted by Crippen LogP contribution is 2.42. The number of nitrogens with one attached hydrogen (secondary N) is 1. The van der Waals surface area contributed by atoms with Crippen LogP contribution >= 0.6 is 0 Å². The number of alkyl halides is 3. The maximum absolute atomic E-state index is 14.0. The van der Waals surface area contributed by atoms with Crippen molar-refractivity contribution < 1.29 is 17.9 Å². The van der Waals surface area contributed by atoms with Gasteiger partial charge >= 0.3 is 6.18 Å². The van der Waals surface area contributed by atoms with Crippen molar-refractivity contribution in [3.05, 3.63) is 36.0 Å². The van der Waals surface area contributed by atoms with E-state index in [4.69, 9.17) is 4.74 Å². The Hall–Kier alpha value is -2.72. The van der Waals surface area contributed by atoms with Crippen molar-refractivity contribution in [1.82, 2.24) is 24.9 Å². The minimum atomic E-state index is -4.53. The van der Waals surface area contributed by atoms with E-state index in [0.717, 1.165) is 69.1 Å². The summed E-state index contributed by atoms with van der Waals surface area (Å²) in [5.74, 6) is 1.48. The second-order valence-electron chi connectivity index (χ2n) is 10.3. The number of benzene rings is 1. The largest absolute Gasteiger partial charge is 0.420 e. The van der Waals surface area contributed by atoms with Gasteiger partial charge in [0.05, 0.1) is 17.8 Å². The van der Waals surface area contributed by atoms with E-state index in [1.54, 1.807) is 29.9 Å². The number of hydrogen-bond donors (Lipinski definition) is 1. The molecule has 3 aliphatic rings. The quantitative estimate of drug-likeness (QED) is 0.583. The molecule has 6 rings (SSSR count). The number of halogens is 3. The molecule has 2 aliphatic heterocycles. The Morgan fingerprint density at radius 3 is 2.63 bits per heavy atom. The van der Waals surface area contributed by atoms with E-state index in [-0.39, 0.29) is 17.6 Å². The summed E-state index contributed by atoms with van der Waals surface area (Å²) in [6, 6.07) is 6.39. The number of aromatic nitrogens is 4. The van der Waals surface area contributed by atoms with Crippen LogP contribution in [0.2, 0.25) is 0 Å². The minimum Gasteiger partial charge on any atom is -0.381 e. The third-order valence-electron chi connectivity index (χ3n) is 7.72. The van der Waals surface area contributed by atoms with E-state index in [2.05, 4.69) is 25.5 Å². The summed E-state index contributed by atoms with van der Waals surface area (Å²) >= 11 is 0. The Kier molecular flexibility index (Phi) is 5.68. The third kappa shape index (κ3) is 4.61. The summed E-state index contributed by atoms with van der Waals surface area (Å²) < 4.78 is 49.2. The lowest BCUT2D eigenvalue weighted by molar-refractivity contribution is -0.137. The summed E-state index contributed by atoms with van der Waals surface area (Å²) in [6.07, 6.45) is 0.148. The molecule has 1 N–H and O–H groups in total. The number of fused-ring (bicyclic) bond motifs is 2. The molecule has 3 aromatic rings. The molecule has 0 amide bonds. The van der Waals surface area contributed by atoms with Gasteiger partial charge in [0.15, 0.2) is 5.82 Å². The van der Waals surface area contributed by atoms with Crippen LogP contribution in [0.1, 0.15) is 24.8 Å². The van der Waals surface area contributed by atoms with Crippen molar-refractivity contribution in [2.75, 3.05) is 38.2 Å². The smallest absolute Gasteiger partial charge is 0.381 e. The molecule has 0 bridgehead atoms. The third-order valence-corrected chi connectivity index (χ3v) is 7.72. The second-order valence-corrected chi connectivity index (χ2v) is 10.3. The lowest BCUT2D eigenvalue weighted by atomic mass is 10.0. The molecule has 3 atom stereocenters. The Morgan fingerprint density at radius 1 is 1.11 bits per heavy atom. The zero-order valence-electron chi connectivity index (χ0n) is 19.6.